The molecule has 12 unspecified atom stereocenters. The summed E-state index contributed by atoms with van der Waals surface area (Å²) in [6.45, 7) is 2.83. The van der Waals surface area contributed by atoms with E-state index in [9.17, 15) is 45.6 Å². The lowest BCUT2D eigenvalue weighted by atomic mass is 9.97. The lowest BCUT2D eigenvalue weighted by Crippen LogP contribution is -2.65. The maximum atomic E-state index is 13.1. The Balaban J connectivity index is 1.81. The monoisotopic (exact) mass is 878 g/mol. The van der Waals surface area contributed by atoms with Crippen LogP contribution < -0.4 is 5.32 Å². The van der Waals surface area contributed by atoms with Gasteiger partial charge in [0.05, 0.1) is 32.0 Å². The van der Waals surface area contributed by atoms with Gasteiger partial charge < -0.3 is 65.1 Å². The van der Waals surface area contributed by atoms with Gasteiger partial charge in [-0.25, -0.2) is 0 Å². The third kappa shape index (κ3) is 23.1. The fraction of sp³-hybridized carbons (Fsp3) is 0.979. The smallest absolute Gasteiger partial charge is 0.220 e. The fourth-order valence-electron chi connectivity index (χ4n) is 8.47. The predicted octanol–water partition coefficient (Wildman–Crippen LogP) is 5.83. The van der Waals surface area contributed by atoms with Crippen molar-refractivity contribution in [1.29, 1.82) is 0 Å². The first kappa shape index (κ1) is 56.1. The first-order valence-electron chi connectivity index (χ1n) is 24.8. The SMILES string of the molecule is CCCCCCCCCCCCCCCCCCCCC(O)C(COC1OC(CO)C(OC2OC(CO)C(O)C(O)C2O)C(O)C1O)NC(=O)CCCCCCCCCCC. The summed E-state index contributed by atoms with van der Waals surface area (Å²) in [6.07, 6.45) is 16.9. The van der Waals surface area contributed by atoms with Crippen molar-refractivity contribution >= 4 is 5.91 Å². The van der Waals surface area contributed by atoms with Gasteiger partial charge in [-0.3, -0.25) is 4.79 Å². The van der Waals surface area contributed by atoms with E-state index in [1.165, 1.54) is 122 Å². The van der Waals surface area contributed by atoms with Crippen LogP contribution in [0.25, 0.3) is 0 Å². The van der Waals surface area contributed by atoms with E-state index in [1.807, 2.05) is 0 Å². The van der Waals surface area contributed by atoms with E-state index < -0.39 is 86.8 Å². The van der Waals surface area contributed by atoms with Gasteiger partial charge in [0.1, 0.15) is 48.8 Å². The molecule has 0 aromatic rings. The van der Waals surface area contributed by atoms with E-state index in [4.69, 9.17) is 18.9 Å². The summed E-state index contributed by atoms with van der Waals surface area (Å²) in [5.41, 5.74) is 0. The van der Waals surface area contributed by atoms with E-state index in [2.05, 4.69) is 19.2 Å². The molecule has 2 aliphatic heterocycles. The van der Waals surface area contributed by atoms with Gasteiger partial charge in [-0.05, 0) is 12.8 Å². The minimum Gasteiger partial charge on any atom is -0.394 e. The molecule has 2 rings (SSSR count). The molecule has 0 radical (unpaired) electrons. The van der Waals surface area contributed by atoms with Gasteiger partial charge in [-0.1, -0.05) is 181 Å². The minimum absolute atomic E-state index is 0.209. The summed E-state index contributed by atoms with van der Waals surface area (Å²) in [5, 5.41) is 86.7. The Morgan fingerprint density at radius 1 is 0.525 bits per heavy atom. The molecular formula is C47H91NO13. The maximum absolute atomic E-state index is 13.1. The third-order valence-corrected chi connectivity index (χ3v) is 12.6. The number of aliphatic hydroxyl groups excluding tert-OH is 8. The molecule has 0 aliphatic carbocycles. The van der Waals surface area contributed by atoms with Crippen molar-refractivity contribution in [3.8, 4) is 0 Å². The van der Waals surface area contributed by atoms with Crippen LogP contribution >= 0.6 is 0 Å². The second kappa shape index (κ2) is 35.3. The van der Waals surface area contributed by atoms with Crippen molar-refractivity contribution in [3.05, 3.63) is 0 Å². The Bertz CT molecular complexity index is 1040. The molecule has 0 bridgehead atoms. The van der Waals surface area contributed by atoms with Crippen molar-refractivity contribution in [2.24, 2.45) is 0 Å². The number of carbonyl (C=O) groups excluding carboxylic acids is 1. The first-order valence-corrected chi connectivity index (χ1v) is 24.8. The van der Waals surface area contributed by atoms with Crippen LogP contribution in [-0.2, 0) is 23.7 Å². The molecule has 0 aromatic heterocycles. The second-order valence-electron chi connectivity index (χ2n) is 18.0. The molecule has 2 heterocycles. The second-order valence-corrected chi connectivity index (χ2v) is 18.0. The molecule has 12 atom stereocenters. The highest BCUT2D eigenvalue weighted by molar-refractivity contribution is 5.76. The molecular weight excluding hydrogens is 787 g/mol. The molecule has 14 nitrogen and oxygen atoms in total. The Morgan fingerprint density at radius 2 is 0.934 bits per heavy atom. The Labute approximate surface area is 368 Å². The summed E-state index contributed by atoms with van der Waals surface area (Å²) < 4.78 is 22.7. The lowest BCUT2D eigenvalue weighted by Gasteiger charge is -2.46. The molecule has 1 amide bonds. The number of hydrogen-bond acceptors (Lipinski definition) is 13. The van der Waals surface area contributed by atoms with Crippen LogP contribution in [0.15, 0.2) is 0 Å². The molecule has 362 valence electrons. The predicted molar refractivity (Wildman–Crippen MR) is 236 cm³/mol. The van der Waals surface area contributed by atoms with Gasteiger partial charge in [0.2, 0.25) is 5.91 Å². The van der Waals surface area contributed by atoms with Crippen LogP contribution in [0.3, 0.4) is 0 Å². The zero-order chi connectivity index (χ0) is 44.7. The van der Waals surface area contributed by atoms with Gasteiger partial charge in [-0.2, -0.15) is 0 Å². The van der Waals surface area contributed by atoms with E-state index in [0.29, 0.717) is 12.8 Å². The Kier molecular flexibility index (Phi) is 32.5. The van der Waals surface area contributed by atoms with Crippen molar-refractivity contribution in [1.82, 2.24) is 5.32 Å². The third-order valence-electron chi connectivity index (χ3n) is 12.6. The molecule has 2 aliphatic rings. The number of carbonyl (C=O) groups is 1. The van der Waals surface area contributed by atoms with Crippen LogP contribution in [0.1, 0.15) is 200 Å². The highest BCUT2D eigenvalue weighted by Gasteiger charge is 2.51. The average Bonchev–Trinajstić information content (AvgIpc) is 3.26. The molecule has 0 aromatic carbocycles. The summed E-state index contributed by atoms with van der Waals surface area (Å²) in [5.74, 6) is -0.209. The van der Waals surface area contributed by atoms with Crippen molar-refractivity contribution in [2.45, 2.75) is 274 Å². The van der Waals surface area contributed by atoms with E-state index >= 15 is 0 Å². The summed E-state index contributed by atoms with van der Waals surface area (Å²) in [6, 6.07) is -0.819. The topological polar surface area (TPSA) is 228 Å². The standard InChI is InChI=1S/C47H91NO13/c1-3-5-7-9-11-13-14-15-16-17-18-19-20-21-23-24-26-28-30-36(51)35(48-39(52)31-29-27-25-22-12-10-8-6-4-2)34-58-46-44(57)42(55)45(38(33-50)60-46)61-47-43(56)41(54)40(53)37(32-49)59-47/h35-38,40-47,49-51,53-57H,3-34H2,1-2H3,(H,48,52). The number of ether oxygens (including phenoxy) is 4. The van der Waals surface area contributed by atoms with Gasteiger partial charge in [-0.15, -0.1) is 0 Å². The van der Waals surface area contributed by atoms with Gasteiger partial charge in [0, 0.05) is 6.42 Å². The van der Waals surface area contributed by atoms with Crippen LogP contribution in [-0.4, -0.2) is 140 Å². The van der Waals surface area contributed by atoms with Gasteiger partial charge in [0.15, 0.2) is 12.6 Å². The van der Waals surface area contributed by atoms with Crippen LogP contribution in [0.5, 0.6) is 0 Å². The number of aliphatic hydroxyl groups is 8. The van der Waals surface area contributed by atoms with Crippen molar-refractivity contribution in [2.75, 3.05) is 19.8 Å². The molecule has 14 heteroatoms. The van der Waals surface area contributed by atoms with Crippen LogP contribution in [0.4, 0.5) is 0 Å². The fourth-order valence-corrected chi connectivity index (χ4v) is 8.47. The molecule has 9 N–H and O–H groups in total. The summed E-state index contributed by atoms with van der Waals surface area (Å²) in [7, 11) is 0. The normalized spacial score (nSPS) is 27.9. The number of rotatable bonds is 38. The molecule has 0 spiro atoms. The zero-order valence-electron chi connectivity index (χ0n) is 38.2. The number of hydrogen-bond donors (Lipinski definition) is 9. The molecule has 61 heavy (non-hydrogen) atoms. The highest BCUT2D eigenvalue weighted by atomic mass is 16.7. The maximum Gasteiger partial charge on any atom is 0.220 e. The first-order chi connectivity index (χ1) is 29.6. The Morgan fingerprint density at radius 3 is 1.39 bits per heavy atom. The van der Waals surface area contributed by atoms with E-state index in [1.54, 1.807) is 0 Å². The van der Waals surface area contributed by atoms with Crippen molar-refractivity contribution in [3.63, 3.8) is 0 Å². The number of amides is 1. The minimum atomic E-state index is -1.78. The van der Waals surface area contributed by atoms with Gasteiger partial charge in [0.25, 0.3) is 0 Å². The summed E-state index contributed by atoms with van der Waals surface area (Å²) >= 11 is 0. The quantitative estimate of drug-likeness (QED) is 0.0334. The zero-order valence-corrected chi connectivity index (χ0v) is 38.2. The molecule has 2 fully saturated rings. The van der Waals surface area contributed by atoms with Crippen LogP contribution in [0, 0.1) is 0 Å². The lowest BCUT2D eigenvalue weighted by molar-refractivity contribution is -0.359. The Hall–Kier alpha value is -1.01. The number of nitrogens with one attached hydrogen (secondary N) is 1. The molecule has 0 saturated carbocycles. The van der Waals surface area contributed by atoms with Gasteiger partial charge >= 0.3 is 0 Å². The summed E-state index contributed by atoms with van der Waals surface area (Å²) in [4.78, 5) is 13.1. The van der Waals surface area contributed by atoms with E-state index in [-0.39, 0.29) is 12.5 Å². The van der Waals surface area contributed by atoms with Crippen molar-refractivity contribution < 1.29 is 64.6 Å². The highest BCUT2D eigenvalue weighted by Crippen LogP contribution is 2.30. The molecule has 2 saturated heterocycles. The average molecular weight is 878 g/mol. The van der Waals surface area contributed by atoms with Crippen LogP contribution in [0.2, 0.25) is 0 Å². The number of unbranched alkanes of at least 4 members (excludes halogenated alkanes) is 25. The van der Waals surface area contributed by atoms with E-state index in [0.717, 1.165) is 51.4 Å². The largest absolute Gasteiger partial charge is 0.394 e.